The molecule has 0 aliphatic rings. The minimum atomic E-state index is 0.908. The molecule has 3 aromatic heterocycles. The summed E-state index contributed by atoms with van der Waals surface area (Å²) in [5.74, 6) is 0. The van der Waals surface area contributed by atoms with E-state index < -0.39 is 0 Å². The lowest BCUT2D eigenvalue weighted by Gasteiger charge is -2.12. The number of para-hydroxylation sites is 6. The Kier molecular flexibility index (Phi) is 4.61. The molecule has 6 aromatic carbocycles. The van der Waals surface area contributed by atoms with Gasteiger partial charge in [-0.05, 0) is 48.5 Å². The number of rotatable bonds is 3. The smallest absolute Gasteiger partial charge is 0.161 e. The lowest BCUT2D eigenvalue weighted by atomic mass is 10.00. The average Bonchev–Trinajstić information content (AvgIpc) is 3.69. The Morgan fingerprint density at radius 1 is 0.341 bits per heavy atom. The van der Waals surface area contributed by atoms with E-state index in [0.29, 0.717) is 0 Å². The minimum Gasteiger partial charge on any atom is -0.453 e. The molecule has 9 aromatic rings. The van der Waals surface area contributed by atoms with Crippen LogP contribution < -0.4 is 0 Å². The van der Waals surface area contributed by atoms with Gasteiger partial charge in [-0.3, -0.25) is 0 Å². The minimum absolute atomic E-state index is 0.908. The van der Waals surface area contributed by atoms with Gasteiger partial charge in [0.05, 0.1) is 16.6 Å². The van der Waals surface area contributed by atoms with Crippen molar-refractivity contribution < 1.29 is 4.42 Å². The summed E-state index contributed by atoms with van der Waals surface area (Å²) in [6.45, 7) is 0. The van der Waals surface area contributed by atoms with Crippen molar-refractivity contribution in [1.82, 2.24) is 9.13 Å². The normalized spacial score (nSPS) is 11.9. The van der Waals surface area contributed by atoms with E-state index in [1.54, 1.807) is 0 Å². The van der Waals surface area contributed by atoms with E-state index in [1.165, 1.54) is 21.8 Å². The summed E-state index contributed by atoms with van der Waals surface area (Å²) in [4.78, 5) is 0. The predicted octanol–water partition coefficient (Wildman–Crippen LogP) is 10.3. The van der Waals surface area contributed by atoms with E-state index in [9.17, 15) is 0 Å². The predicted molar refractivity (Wildman–Crippen MR) is 170 cm³/mol. The topological polar surface area (TPSA) is 23.0 Å². The molecule has 0 radical (unpaired) electrons. The van der Waals surface area contributed by atoms with Gasteiger partial charge in [0.25, 0.3) is 0 Å². The largest absolute Gasteiger partial charge is 0.453 e. The van der Waals surface area contributed by atoms with Crippen LogP contribution in [0.2, 0.25) is 0 Å². The molecule has 9 rings (SSSR count). The third kappa shape index (κ3) is 3.09. The molecule has 0 fully saturated rings. The Morgan fingerprint density at radius 2 is 0.854 bits per heavy atom. The monoisotopic (exact) mass is 524 g/mol. The van der Waals surface area contributed by atoms with E-state index in [4.69, 9.17) is 4.42 Å². The summed E-state index contributed by atoms with van der Waals surface area (Å²) in [6.07, 6.45) is 0. The van der Waals surface area contributed by atoms with Crippen LogP contribution in [0.4, 0.5) is 0 Å². The Hall–Kier alpha value is -5.54. The number of aromatic nitrogens is 2. The average molecular weight is 525 g/mol. The maximum Gasteiger partial charge on any atom is 0.161 e. The first kappa shape index (κ1) is 22.3. The Balaban J connectivity index is 1.43. The molecule has 3 nitrogen and oxygen atoms in total. The van der Waals surface area contributed by atoms with Crippen LogP contribution in [0.3, 0.4) is 0 Å². The van der Waals surface area contributed by atoms with E-state index >= 15 is 0 Å². The number of fused-ring (bicyclic) bond motifs is 8. The third-order valence-electron chi connectivity index (χ3n) is 8.32. The molecule has 0 spiro atoms. The van der Waals surface area contributed by atoms with Gasteiger partial charge in [-0.1, -0.05) is 97.1 Å². The summed E-state index contributed by atoms with van der Waals surface area (Å²) in [5.41, 5.74) is 11.0. The SMILES string of the molecule is c1ccc(-n2c3ccccc3c3cccc(-c4cccc5c4oc4c6ccccc6n(-c6ccccc6)c54)c32)cc1. The highest BCUT2D eigenvalue weighted by Crippen LogP contribution is 2.44. The maximum atomic E-state index is 6.89. The van der Waals surface area contributed by atoms with E-state index in [1.807, 2.05) is 0 Å². The summed E-state index contributed by atoms with van der Waals surface area (Å²) < 4.78 is 11.6. The van der Waals surface area contributed by atoms with E-state index in [0.717, 1.165) is 55.5 Å². The Bertz CT molecular complexity index is 2410. The molecule has 3 heterocycles. The summed E-state index contributed by atoms with van der Waals surface area (Å²) >= 11 is 0. The van der Waals surface area contributed by atoms with Gasteiger partial charge in [0.15, 0.2) is 5.58 Å². The van der Waals surface area contributed by atoms with Crippen LogP contribution in [0.15, 0.2) is 150 Å². The lowest BCUT2D eigenvalue weighted by molar-refractivity contribution is 0.674. The van der Waals surface area contributed by atoms with Crippen LogP contribution >= 0.6 is 0 Å². The number of furan rings is 1. The first-order valence-corrected chi connectivity index (χ1v) is 14.0. The highest BCUT2D eigenvalue weighted by atomic mass is 16.3. The molecular formula is C38H24N2O. The maximum absolute atomic E-state index is 6.89. The second-order valence-electron chi connectivity index (χ2n) is 10.5. The fraction of sp³-hybridized carbons (Fsp3) is 0. The molecule has 0 N–H and O–H groups in total. The van der Waals surface area contributed by atoms with Crippen molar-refractivity contribution in [3.63, 3.8) is 0 Å². The van der Waals surface area contributed by atoms with Crippen molar-refractivity contribution in [2.45, 2.75) is 0 Å². The highest BCUT2D eigenvalue weighted by molar-refractivity contribution is 6.20. The fourth-order valence-corrected chi connectivity index (χ4v) is 6.63. The Labute approximate surface area is 236 Å². The van der Waals surface area contributed by atoms with Crippen LogP contribution in [0.1, 0.15) is 0 Å². The third-order valence-corrected chi connectivity index (χ3v) is 8.32. The zero-order valence-electron chi connectivity index (χ0n) is 22.2. The van der Waals surface area contributed by atoms with Crippen LogP contribution in [-0.2, 0) is 0 Å². The van der Waals surface area contributed by atoms with E-state index in [-0.39, 0.29) is 0 Å². The van der Waals surface area contributed by atoms with Crippen LogP contribution in [0.25, 0.3) is 77.3 Å². The molecule has 0 saturated heterocycles. The van der Waals surface area contributed by atoms with Crippen LogP contribution in [0.5, 0.6) is 0 Å². The van der Waals surface area contributed by atoms with Crippen LogP contribution in [0, 0.1) is 0 Å². The molecule has 0 atom stereocenters. The van der Waals surface area contributed by atoms with Crippen molar-refractivity contribution in [1.29, 1.82) is 0 Å². The number of benzene rings is 6. The van der Waals surface area contributed by atoms with Gasteiger partial charge in [-0.2, -0.15) is 0 Å². The van der Waals surface area contributed by atoms with Gasteiger partial charge in [0, 0.05) is 44.0 Å². The van der Waals surface area contributed by atoms with Gasteiger partial charge in [0.1, 0.15) is 11.1 Å². The van der Waals surface area contributed by atoms with Gasteiger partial charge in [0.2, 0.25) is 0 Å². The zero-order valence-corrected chi connectivity index (χ0v) is 22.2. The quantitative estimate of drug-likeness (QED) is 0.225. The van der Waals surface area contributed by atoms with Gasteiger partial charge in [-0.15, -0.1) is 0 Å². The molecule has 0 bridgehead atoms. The first-order valence-electron chi connectivity index (χ1n) is 14.0. The van der Waals surface area contributed by atoms with Crippen LogP contribution in [-0.4, -0.2) is 9.13 Å². The summed E-state index contributed by atoms with van der Waals surface area (Å²) in [5, 5.41) is 4.70. The van der Waals surface area contributed by atoms with Gasteiger partial charge in [-0.25, -0.2) is 0 Å². The zero-order chi connectivity index (χ0) is 26.9. The molecule has 192 valence electrons. The summed E-state index contributed by atoms with van der Waals surface area (Å²) in [6, 6.07) is 51.6. The molecule has 0 amide bonds. The fourth-order valence-electron chi connectivity index (χ4n) is 6.63. The van der Waals surface area contributed by atoms with Crippen molar-refractivity contribution in [3.05, 3.63) is 146 Å². The Morgan fingerprint density at radius 3 is 1.56 bits per heavy atom. The molecule has 0 aliphatic heterocycles. The van der Waals surface area contributed by atoms with Gasteiger partial charge < -0.3 is 13.6 Å². The number of hydrogen-bond donors (Lipinski definition) is 0. The molecule has 0 saturated carbocycles. The van der Waals surface area contributed by atoms with Crippen molar-refractivity contribution in [2.24, 2.45) is 0 Å². The van der Waals surface area contributed by atoms with E-state index in [2.05, 4.69) is 155 Å². The first-order chi connectivity index (χ1) is 20.4. The van der Waals surface area contributed by atoms with Gasteiger partial charge >= 0.3 is 0 Å². The standard InChI is InChI=1S/C38H24N2O/c1-3-13-25(14-4-1)39-33-23-9-7-17-27(33)28-19-11-20-29(35(28)39)30-21-12-22-32-36-38(41-37(30)32)31-18-8-10-24-34(31)40(36)26-15-5-2-6-16-26/h1-24H. The number of nitrogens with zero attached hydrogens (tertiary/aromatic N) is 2. The second kappa shape index (κ2) is 8.48. The molecule has 3 heteroatoms. The lowest BCUT2D eigenvalue weighted by Crippen LogP contribution is -1.95. The van der Waals surface area contributed by atoms with Crippen molar-refractivity contribution in [3.8, 4) is 22.5 Å². The molecule has 0 aliphatic carbocycles. The van der Waals surface area contributed by atoms with Crippen molar-refractivity contribution >= 4 is 54.8 Å². The molecular weight excluding hydrogens is 500 g/mol. The molecule has 41 heavy (non-hydrogen) atoms. The number of hydrogen-bond acceptors (Lipinski definition) is 1. The van der Waals surface area contributed by atoms with Crippen molar-refractivity contribution in [2.75, 3.05) is 0 Å². The molecule has 0 unspecified atom stereocenters. The second-order valence-corrected chi connectivity index (χ2v) is 10.5. The highest BCUT2D eigenvalue weighted by Gasteiger charge is 2.23. The summed E-state index contributed by atoms with van der Waals surface area (Å²) in [7, 11) is 0.